The molecular weight excluding hydrogens is 546 g/mol. The van der Waals surface area contributed by atoms with Crippen molar-refractivity contribution >= 4 is 17.9 Å². The number of amides is 1. The number of benzene rings is 4. The quantitative estimate of drug-likeness (QED) is 0.202. The van der Waals surface area contributed by atoms with Crippen LogP contribution in [0, 0.1) is 11.6 Å². The first-order valence-electron chi connectivity index (χ1n) is 12.7. The van der Waals surface area contributed by atoms with Gasteiger partial charge in [0.25, 0.3) is 0 Å². The molecule has 212 valence electrons. The van der Waals surface area contributed by atoms with Crippen LogP contribution < -0.4 is 10.1 Å². The zero-order chi connectivity index (χ0) is 29.8. The third-order valence-electron chi connectivity index (χ3n) is 6.42. The molecule has 0 fully saturated rings. The Kier molecular flexibility index (Phi) is 7.91. The normalized spacial score (nSPS) is 11.5. The highest BCUT2D eigenvalue weighted by molar-refractivity contribution is 5.91. The smallest absolute Gasteiger partial charge is 0.413 e. The summed E-state index contributed by atoms with van der Waals surface area (Å²) in [7, 11) is 1.62. The molecule has 1 aromatic heterocycles. The number of ether oxygens (including phenoxy) is 2. The fraction of sp³-hybridized carbons (Fsp3) is 0.0968. The summed E-state index contributed by atoms with van der Waals surface area (Å²) in [5.41, 5.74) is 2.28. The van der Waals surface area contributed by atoms with Gasteiger partial charge in [0.15, 0.2) is 23.2 Å². The van der Waals surface area contributed by atoms with Crippen LogP contribution >= 0.6 is 0 Å². The van der Waals surface area contributed by atoms with E-state index in [0.717, 1.165) is 17.7 Å². The lowest BCUT2D eigenvalue weighted by Gasteiger charge is -2.14. The second-order valence-electron chi connectivity index (χ2n) is 9.24. The average Bonchev–Trinajstić information content (AvgIpc) is 3.34. The van der Waals surface area contributed by atoms with Gasteiger partial charge in [-0.25, -0.2) is 23.1 Å². The number of carboxylic acid groups (broad SMARTS) is 1. The van der Waals surface area contributed by atoms with Crippen molar-refractivity contribution in [2.75, 3.05) is 5.32 Å². The highest BCUT2D eigenvalue weighted by Crippen LogP contribution is 2.35. The van der Waals surface area contributed by atoms with Crippen molar-refractivity contribution < 1.29 is 33.0 Å². The van der Waals surface area contributed by atoms with Gasteiger partial charge in [0.1, 0.15) is 23.1 Å². The van der Waals surface area contributed by atoms with Crippen LogP contribution in [0.3, 0.4) is 0 Å². The molecule has 2 N–H and O–H groups in total. The summed E-state index contributed by atoms with van der Waals surface area (Å²) in [4.78, 5) is 24.0. The molecule has 0 saturated carbocycles. The molecule has 42 heavy (non-hydrogen) atoms. The van der Waals surface area contributed by atoms with Crippen LogP contribution in [0.4, 0.5) is 19.4 Å². The molecule has 0 saturated heterocycles. The molecule has 11 heteroatoms. The predicted molar refractivity (Wildman–Crippen MR) is 150 cm³/mol. The highest BCUT2D eigenvalue weighted by Gasteiger charge is 2.20. The Labute approximate surface area is 239 Å². The molecule has 1 amide bonds. The van der Waals surface area contributed by atoms with E-state index in [1.54, 1.807) is 38.2 Å². The van der Waals surface area contributed by atoms with Gasteiger partial charge in [0.05, 0.1) is 0 Å². The van der Waals surface area contributed by atoms with Crippen LogP contribution in [0.25, 0.3) is 22.4 Å². The molecule has 5 aromatic rings. The van der Waals surface area contributed by atoms with Gasteiger partial charge in [-0.3, -0.25) is 5.32 Å². The SMILES string of the molecule is C[C@@H](OC(=O)Nc1c(-c2ccc(-c3cc(F)c(Oc4ccccc4C(=O)O)c(F)c3)cc2)nnn1C)c1ccccc1. The van der Waals surface area contributed by atoms with Gasteiger partial charge in [-0.1, -0.05) is 71.9 Å². The summed E-state index contributed by atoms with van der Waals surface area (Å²) in [5, 5.41) is 20.1. The molecule has 1 heterocycles. The van der Waals surface area contributed by atoms with Crippen molar-refractivity contribution in [3.8, 4) is 33.9 Å². The van der Waals surface area contributed by atoms with Crippen LogP contribution in [0.2, 0.25) is 0 Å². The number of hydrogen-bond acceptors (Lipinski definition) is 6. The Bertz CT molecular complexity index is 1730. The van der Waals surface area contributed by atoms with E-state index < -0.39 is 35.6 Å². The summed E-state index contributed by atoms with van der Waals surface area (Å²) >= 11 is 0. The number of carboxylic acids is 1. The third kappa shape index (κ3) is 5.94. The van der Waals surface area contributed by atoms with Gasteiger partial charge in [0.2, 0.25) is 0 Å². The number of rotatable bonds is 8. The minimum atomic E-state index is -1.29. The predicted octanol–water partition coefficient (Wildman–Crippen LogP) is 7.23. The number of hydrogen-bond donors (Lipinski definition) is 2. The number of para-hydroxylation sites is 1. The molecule has 0 unspecified atom stereocenters. The van der Waals surface area contributed by atoms with E-state index in [2.05, 4.69) is 15.6 Å². The molecule has 0 bridgehead atoms. The first-order chi connectivity index (χ1) is 20.2. The first kappa shape index (κ1) is 28.0. The minimum absolute atomic E-state index is 0.188. The number of aryl methyl sites for hydroxylation is 1. The lowest BCUT2D eigenvalue weighted by atomic mass is 10.0. The molecule has 4 aromatic carbocycles. The minimum Gasteiger partial charge on any atom is -0.478 e. The van der Waals surface area contributed by atoms with Crippen LogP contribution in [0.1, 0.15) is 28.9 Å². The van der Waals surface area contributed by atoms with Crippen molar-refractivity contribution in [3.05, 3.63) is 114 Å². The van der Waals surface area contributed by atoms with Crippen molar-refractivity contribution in [2.24, 2.45) is 7.05 Å². The van der Waals surface area contributed by atoms with Crippen LogP contribution in [-0.2, 0) is 11.8 Å². The number of aromatic nitrogens is 3. The van der Waals surface area contributed by atoms with Gasteiger partial charge in [-0.05, 0) is 47.9 Å². The summed E-state index contributed by atoms with van der Waals surface area (Å²) in [5.74, 6) is -3.90. The van der Waals surface area contributed by atoms with Crippen LogP contribution in [0.15, 0.2) is 91.0 Å². The number of nitrogens with one attached hydrogen (secondary N) is 1. The van der Waals surface area contributed by atoms with E-state index in [-0.39, 0.29) is 16.9 Å². The van der Waals surface area contributed by atoms with Gasteiger partial charge in [0, 0.05) is 12.6 Å². The summed E-state index contributed by atoms with van der Waals surface area (Å²) < 4.78 is 42.1. The van der Waals surface area contributed by atoms with Crippen molar-refractivity contribution in [1.82, 2.24) is 15.0 Å². The van der Waals surface area contributed by atoms with Crippen molar-refractivity contribution in [1.29, 1.82) is 0 Å². The molecule has 0 radical (unpaired) electrons. The van der Waals surface area contributed by atoms with Gasteiger partial charge in [-0.15, -0.1) is 5.10 Å². The summed E-state index contributed by atoms with van der Waals surface area (Å²) in [6.07, 6.45) is -1.17. The molecule has 1 atom stereocenters. The van der Waals surface area contributed by atoms with E-state index >= 15 is 0 Å². The first-order valence-corrected chi connectivity index (χ1v) is 12.7. The van der Waals surface area contributed by atoms with Crippen molar-refractivity contribution in [3.63, 3.8) is 0 Å². The molecule has 9 nitrogen and oxygen atoms in total. The van der Waals surface area contributed by atoms with E-state index in [0.29, 0.717) is 22.6 Å². The molecule has 0 spiro atoms. The monoisotopic (exact) mass is 570 g/mol. The standard InChI is InChI=1S/C31H24F2N4O5/c1-18(19-8-4-3-5-9-19)41-31(40)34-29-27(35-36-37(29)2)21-14-12-20(13-15-21)22-16-24(32)28(25(33)17-22)42-26-11-7-6-10-23(26)30(38)39/h3-18H,1-2H3,(H,34,40)(H,38,39)/t18-/m1/s1. The van der Waals surface area contributed by atoms with Crippen LogP contribution in [-0.4, -0.2) is 32.2 Å². The third-order valence-corrected chi connectivity index (χ3v) is 6.42. The maximum absolute atomic E-state index is 14.9. The second kappa shape index (κ2) is 11.9. The summed E-state index contributed by atoms with van der Waals surface area (Å²) in [6, 6.07) is 23.7. The van der Waals surface area contributed by atoms with Gasteiger partial charge in [-0.2, -0.15) is 0 Å². The van der Waals surface area contributed by atoms with Crippen molar-refractivity contribution in [2.45, 2.75) is 13.0 Å². The number of carbonyl (C=O) groups excluding carboxylic acids is 1. The van der Waals surface area contributed by atoms with E-state index in [4.69, 9.17) is 9.47 Å². The Morgan fingerprint density at radius 2 is 1.50 bits per heavy atom. The van der Waals surface area contributed by atoms with Gasteiger partial charge >= 0.3 is 12.1 Å². The van der Waals surface area contributed by atoms with E-state index in [1.807, 2.05) is 30.3 Å². The molecule has 5 rings (SSSR count). The fourth-order valence-corrected chi connectivity index (χ4v) is 4.26. The number of carbonyl (C=O) groups is 2. The maximum Gasteiger partial charge on any atom is 0.413 e. The zero-order valence-electron chi connectivity index (χ0n) is 22.4. The molecule has 0 aliphatic rings. The fourth-order valence-electron chi connectivity index (χ4n) is 4.26. The van der Waals surface area contributed by atoms with E-state index in [1.165, 1.54) is 28.9 Å². The second-order valence-corrected chi connectivity index (χ2v) is 9.24. The zero-order valence-corrected chi connectivity index (χ0v) is 22.4. The lowest BCUT2D eigenvalue weighted by molar-refractivity contribution is 0.0693. The number of aromatic carboxylic acids is 1. The lowest BCUT2D eigenvalue weighted by Crippen LogP contribution is -2.18. The van der Waals surface area contributed by atoms with Crippen LogP contribution in [0.5, 0.6) is 11.5 Å². The highest BCUT2D eigenvalue weighted by atomic mass is 19.1. The summed E-state index contributed by atoms with van der Waals surface area (Å²) in [6.45, 7) is 1.76. The number of anilines is 1. The van der Waals surface area contributed by atoms with Gasteiger partial charge < -0.3 is 14.6 Å². The Morgan fingerprint density at radius 3 is 2.17 bits per heavy atom. The Hall–Kier alpha value is -5.58. The Balaban J connectivity index is 1.34. The molecule has 0 aliphatic heterocycles. The number of halogens is 2. The molecule has 0 aliphatic carbocycles. The Morgan fingerprint density at radius 1 is 0.881 bits per heavy atom. The maximum atomic E-state index is 14.9. The average molecular weight is 571 g/mol. The number of nitrogens with zero attached hydrogens (tertiary/aromatic N) is 3. The topological polar surface area (TPSA) is 116 Å². The largest absolute Gasteiger partial charge is 0.478 e. The molecular formula is C31H24F2N4O5. The van der Waals surface area contributed by atoms with E-state index in [9.17, 15) is 23.5 Å².